The van der Waals surface area contributed by atoms with E-state index in [9.17, 15) is 14.4 Å². The number of carboxylic acid groups (broad SMARTS) is 1. The maximum Gasteiger partial charge on any atom is 2.00 e. The molecule has 0 aliphatic carbocycles. The Morgan fingerprint density at radius 1 is 1.29 bits per heavy atom. The molecule has 0 radical (unpaired) electrons. The standard InChI is InChI=1S/C9H16N2O5.Hg/c1-6(16-2)5-10-9(15)11-7(12)3-4-8(13)14;/h6H,3-5H2,1-2H3,(H,13,14)(H2,10,11,12,15);/q;+2. The average Bonchev–Trinajstić information content (AvgIpc) is 2.23. The van der Waals surface area contributed by atoms with Crippen molar-refractivity contribution in [3.63, 3.8) is 0 Å². The third-order valence-electron chi connectivity index (χ3n) is 1.77. The fourth-order valence-electron chi connectivity index (χ4n) is 0.774. The molecule has 0 heterocycles. The number of imide groups is 1. The first-order valence-corrected chi connectivity index (χ1v) is 4.78. The van der Waals surface area contributed by atoms with Crippen LogP contribution in [0.1, 0.15) is 19.8 Å². The van der Waals surface area contributed by atoms with Gasteiger partial charge in [0.1, 0.15) is 0 Å². The third-order valence-corrected chi connectivity index (χ3v) is 1.77. The molecule has 0 aliphatic rings. The second kappa shape index (κ2) is 10.5. The number of carbonyl (C=O) groups excluding carboxylic acids is 2. The van der Waals surface area contributed by atoms with E-state index in [1.54, 1.807) is 6.92 Å². The monoisotopic (exact) mass is 434 g/mol. The van der Waals surface area contributed by atoms with Gasteiger partial charge in [0.05, 0.1) is 12.5 Å². The van der Waals surface area contributed by atoms with Crippen molar-refractivity contribution in [3.8, 4) is 0 Å². The van der Waals surface area contributed by atoms with Crippen molar-refractivity contribution in [1.29, 1.82) is 0 Å². The summed E-state index contributed by atoms with van der Waals surface area (Å²) in [6, 6.07) is -0.653. The van der Waals surface area contributed by atoms with Gasteiger partial charge >= 0.3 is 39.7 Å². The van der Waals surface area contributed by atoms with Gasteiger partial charge in [-0.15, -0.1) is 0 Å². The van der Waals surface area contributed by atoms with Crippen LogP contribution in [0.5, 0.6) is 0 Å². The first-order valence-electron chi connectivity index (χ1n) is 4.78. The second-order valence-corrected chi connectivity index (χ2v) is 3.20. The Morgan fingerprint density at radius 3 is 2.35 bits per heavy atom. The van der Waals surface area contributed by atoms with Crippen LogP contribution in [0.2, 0.25) is 0 Å². The van der Waals surface area contributed by atoms with Crippen LogP contribution in [0.25, 0.3) is 0 Å². The fourth-order valence-corrected chi connectivity index (χ4v) is 0.774. The predicted molar refractivity (Wildman–Crippen MR) is 54.9 cm³/mol. The van der Waals surface area contributed by atoms with Crippen LogP contribution in [0.3, 0.4) is 0 Å². The average molecular weight is 433 g/mol. The maximum atomic E-state index is 11.1. The number of carboxylic acids is 1. The Labute approximate surface area is 120 Å². The predicted octanol–water partition coefficient (Wildman–Crippen LogP) is -0.291. The molecule has 0 aromatic heterocycles. The van der Waals surface area contributed by atoms with Gasteiger partial charge in [0.25, 0.3) is 0 Å². The van der Waals surface area contributed by atoms with E-state index in [4.69, 9.17) is 9.84 Å². The van der Waals surface area contributed by atoms with E-state index in [2.05, 4.69) is 5.32 Å². The molecule has 1 unspecified atom stereocenters. The Hall–Kier alpha value is -0.695. The zero-order valence-electron chi connectivity index (χ0n) is 9.99. The molecule has 0 aliphatic heterocycles. The van der Waals surface area contributed by atoms with E-state index in [-0.39, 0.29) is 53.2 Å². The molecule has 0 saturated carbocycles. The van der Waals surface area contributed by atoms with Gasteiger partial charge in [-0.3, -0.25) is 14.9 Å². The van der Waals surface area contributed by atoms with Crippen LogP contribution in [0.4, 0.5) is 4.79 Å². The summed E-state index contributed by atoms with van der Waals surface area (Å²) in [6.07, 6.45) is -0.671. The summed E-state index contributed by atoms with van der Waals surface area (Å²) in [5.41, 5.74) is 0. The quantitative estimate of drug-likeness (QED) is 0.500. The van der Waals surface area contributed by atoms with E-state index in [1.165, 1.54) is 7.11 Å². The van der Waals surface area contributed by atoms with Gasteiger partial charge in [0, 0.05) is 20.1 Å². The molecular weight excluding hydrogens is 417 g/mol. The van der Waals surface area contributed by atoms with Crippen molar-refractivity contribution < 1.29 is 51.9 Å². The number of ether oxygens (including phenoxy) is 1. The number of urea groups is 1. The molecule has 1 atom stereocenters. The molecule has 17 heavy (non-hydrogen) atoms. The molecular formula is C9H16HgN2O5+2. The summed E-state index contributed by atoms with van der Waals surface area (Å²) in [7, 11) is 1.50. The van der Waals surface area contributed by atoms with Gasteiger partial charge in [-0.2, -0.15) is 0 Å². The van der Waals surface area contributed by atoms with Crippen molar-refractivity contribution >= 4 is 17.9 Å². The van der Waals surface area contributed by atoms with Crippen molar-refractivity contribution in [2.45, 2.75) is 25.9 Å². The minimum Gasteiger partial charge on any atom is -0.481 e. The molecule has 8 heteroatoms. The maximum absolute atomic E-state index is 11.1. The van der Waals surface area contributed by atoms with E-state index in [0.29, 0.717) is 0 Å². The molecule has 0 fully saturated rings. The molecule has 0 spiro atoms. The number of rotatable bonds is 6. The first kappa shape index (κ1) is 18.7. The minimum absolute atomic E-state index is 0. The minimum atomic E-state index is -1.08. The van der Waals surface area contributed by atoms with E-state index in [1.807, 2.05) is 5.32 Å². The van der Waals surface area contributed by atoms with Crippen LogP contribution in [0.15, 0.2) is 0 Å². The van der Waals surface area contributed by atoms with Crippen LogP contribution in [-0.4, -0.2) is 42.8 Å². The van der Waals surface area contributed by atoms with Crippen LogP contribution >= 0.6 is 0 Å². The molecule has 3 N–H and O–H groups in total. The summed E-state index contributed by atoms with van der Waals surface area (Å²) in [5.74, 6) is -1.70. The Balaban J connectivity index is 0. The number of amides is 3. The van der Waals surface area contributed by atoms with Gasteiger partial charge < -0.3 is 15.2 Å². The molecule has 0 bridgehead atoms. The van der Waals surface area contributed by atoms with Crippen LogP contribution < -0.4 is 10.6 Å². The van der Waals surface area contributed by atoms with Crippen molar-refractivity contribution in [3.05, 3.63) is 0 Å². The normalized spacial score (nSPS) is 10.9. The summed E-state index contributed by atoms with van der Waals surface area (Å²) >= 11 is 0. The third kappa shape index (κ3) is 11.6. The van der Waals surface area contributed by atoms with Crippen molar-refractivity contribution in [2.75, 3.05) is 13.7 Å². The number of nitrogens with one attached hydrogen (secondary N) is 2. The SMILES string of the molecule is COC(C)CNC(=O)NC(=O)CCC(=O)O.[Hg+2]. The molecule has 0 saturated heterocycles. The molecule has 7 nitrogen and oxygen atoms in total. The molecule has 0 rings (SSSR count). The molecule has 0 aromatic carbocycles. The largest absolute Gasteiger partial charge is 2.00 e. The number of aliphatic carboxylic acids is 1. The van der Waals surface area contributed by atoms with E-state index < -0.39 is 17.9 Å². The zero-order chi connectivity index (χ0) is 12.6. The smallest absolute Gasteiger partial charge is 0.481 e. The number of methoxy groups -OCH3 is 1. The van der Waals surface area contributed by atoms with Crippen LogP contribution in [0, 0.1) is 0 Å². The number of carbonyl (C=O) groups is 3. The zero-order valence-corrected chi connectivity index (χ0v) is 15.5. The van der Waals surface area contributed by atoms with Crippen molar-refractivity contribution in [1.82, 2.24) is 10.6 Å². The van der Waals surface area contributed by atoms with Crippen molar-refractivity contribution in [2.24, 2.45) is 0 Å². The molecule has 0 aromatic rings. The topological polar surface area (TPSA) is 105 Å². The Bertz CT molecular complexity index is 272. The Morgan fingerprint density at radius 2 is 1.88 bits per heavy atom. The number of hydrogen-bond acceptors (Lipinski definition) is 4. The summed E-state index contributed by atoms with van der Waals surface area (Å²) < 4.78 is 4.88. The van der Waals surface area contributed by atoms with E-state index in [0.717, 1.165) is 0 Å². The molecule has 3 amide bonds. The van der Waals surface area contributed by atoms with Gasteiger partial charge in [0.2, 0.25) is 5.91 Å². The fraction of sp³-hybridized carbons (Fsp3) is 0.667. The van der Waals surface area contributed by atoms with E-state index >= 15 is 0 Å². The van der Waals surface area contributed by atoms with Gasteiger partial charge in [0.15, 0.2) is 0 Å². The molecule has 92 valence electrons. The van der Waals surface area contributed by atoms with Gasteiger partial charge in [-0.25, -0.2) is 4.79 Å². The van der Waals surface area contributed by atoms with Gasteiger partial charge in [-0.05, 0) is 6.92 Å². The summed E-state index contributed by atoms with van der Waals surface area (Å²) in [5, 5.41) is 12.7. The van der Waals surface area contributed by atoms with Gasteiger partial charge in [-0.1, -0.05) is 0 Å². The summed E-state index contributed by atoms with van der Waals surface area (Å²) in [4.78, 5) is 32.2. The first-order chi connectivity index (χ1) is 7.45. The number of hydrogen-bond donors (Lipinski definition) is 3. The Kier molecular flexibility index (Phi) is 11.5. The van der Waals surface area contributed by atoms with Crippen LogP contribution in [-0.2, 0) is 42.0 Å². The summed E-state index contributed by atoms with van der Waals surface area (Å²) in [6.45, 7) is 2.03. The second-order valence-electron chi connectivity index (χ2n) is 3.20.